The second-order valence-electron chi connectivity index (χ2n) is 7.73. The molecule has 0 bridgehead atoms. The maximum Gasteiger partial charge on any atom is 0.244 e. The van der Waals surface area contributed by atoms with E-state index in [1.807, 2.05) is 23.2 Å². The Morgan fingerprint density at radius 2 is 1.96 bits per heavy atom. The van der Waals surface area contributed by atoms with Crippen molar-refractivity contribution in [2.24, 2.45) is 5.41 Å². The molecule has 0 spiro atoms. The van der Waals surface area contributed by atoms with Crippen molar-refractivity contribution in [1.29, 1.82) is 5.26 Å². The number of amides is 2. The van der Waals surface area contributed by atoms with Gasteiger partial charge in [0.2, 0.25) is 11.8 Å². The summed E-state index contributed by atoms with van der Waals surface area (Å²) in [5.41, 5.74) is 2.51. The van der Waals surface area contributed by atoms with E-state index in [0.717, 1.165) is 17.7 Å². The number of carbonyl (C=O) groups excluding carboxylic acids is 2. The Balaban J connectivity index is 1.90. The van der Waals surface area contributed by atoms with Crippen LogP contribution in [0.4, 0.5) is 0 Å². The van der Waals surface area contributed by atoms with Gasteiger partial charge < -0.3 is 9.88 Å². The van der Waals surface area contributed by atoms with E-state index in [9.17, 15) is 14.9 Å². The Labute approximate surface area is 147 Å². The van der Waals surface area contributed by atoms with E-state index in [0.29, 0.717) is 5.69 Å². The minimum atomic E-state index is -0.214. The second-order valence-corrected chi connectivity index (χ2v) is 7.73. The van der Waals surface area contributed by atoms with Crippen molar-refractivity contribution < 1.29 is 9.59 Å². The van der Waals surface area contributed by atoms with E-state index in [1.54, 1.807) is 0 Å². The van der Waals surface area contributed by atoms with Gasteiger partial charge in [0.1, 0.15) is 18.4 Å². The zero-order valence-corrected chi connectivity index (χ0v) is 14.8. The van der Waals surface area contributed by atoms with Crippen LogP contribution in [0.25, 0.3) is 6.08 Å². The SMILES string of the molecule is CC(C)(C)CC1c2[nH]c(C#N)cc2C=CN1CN1C(=O)CNCC1=O. The lowest BCUT2D eigenvalue weighted by atomic mass is 9.85. The van der Waals surface area contributed by atoms with Crippen molar-refractivity contribution in [2.45, 2.75) is 33.2 Å². The molecule has 25 heavy (non-hydrogen) atoms. The van der Waals surface area contributed by atoms with Crippen LogP contribution in [0.1, 0.15) is 50.2 Å². The first-order chi connectivity index (χ1) is 11.8. The lowest BCUT2D eigenvalue weighted by Gasteiger charge is -2.40. The van der Waals surface area contributed by atoms with Gasteiger partial charge in [-0.15, -0.1) is 0 Å². The molecule has 7 nitrogen and oxygen atoms in total. The van der Waals surface area contributed by atoms with Gasteiger partial charge in [0, 0.05) is 17.5 Å². The smallest absolute Gasteiger partial charge is 0.244 e. The summed E-state index contributed by atoms with van der Waals surface area (Å²) in [6, 6.07) is 3.95. The normalized spacial score (nSPS) is 20.6. The van der Waals surface area contributed by atoms with E-state index in [4.69, 9.17) is 0 Å². The molecular weight excluding hydrogens is 318 g/mol. The molecule has 3 rings (SSSR count). The topological polar surface area (TPSA) is 92.2 Å². The minimum absolute atomic E-state index is 0.0300. The van der Waals surface area contributed by atoms with Crippen LogP contribution in [0.2, 0.25) is 0 Å². The van der Waals surface area contributed by atoms with Crippen LogP contribution >= 0.6 is 0 Å². The molecule has 2 aliphatic heterocycles. The number of H-pyrrole nitrogens is 1. The lowest BCUT2D eigenvalue weighted by Crippen LogP contribution is -2.55. The van der Waals surface area contributed by atoms with E-state index < -0.39 is 0 Å². The van der Waals surface area contributed by atoms with Crippen molar-refractivity contribution in [2.75, 3.05) is 19.8 Å². The molecule has 1 aromatic heterocycles. The highest BCUT2D eigenvalue weighted by Gasteiger charge is 2.34. The molecule has 1 aromatic rings. The monoisotopic (exact) mass is 341 g/mol. The predicted molar refractivity (Wildman–Crippen MR) is 92.8 cm³/mol. The molecule has 7 heteroatoms. The Kier molecular flexibility index (Phi) is 4.39. The zero-order valence-electron chi connectivity index (χ0n) is 14.8. The van der Waals surface area contributed by atoms with E-state index in [1.165, 1.54) is 4.90 Å². The number of fused-ring (bicyclic) bond motifs is 1. The van der Waals surface area contributed by atoms with Crippen LogP contribution < -0.4 is 5.32 Å². The predicted octanol–water partition coefficient (Wildman–Crippen LogP) is 1.57. The molecular formula is C18H23N5O2. The van der Waals surface area contributed by atoms with E-state index in [2.05, 4.69) is 37.1 Å². The van der Waals surface area contributed by atoms with Gasteiger partial charge >= 0.3 is 0 Å². The van der Waals surface area contributed by atoms with Crippen molar-refractivity contribution in [1.82, 2.24) is 20.1 Å². The van der Waals surface area contributed by atoms with Crippen LogP contribution in [-0.2, 0) is 9.59 Å². The Morgan fingerprint density at radius 1 is 1.28 bits per heavy atom. The fourth-order valence-electron chi connectivity index (χ4n) is 3.28. The maximum absolute atomic E-state index is 12.1. The highest BCUT2D eigenvalue weighted by Crippen LogP contribution is 2.38. The summed E-state index contributed by atoms with van der Waals surface area (Å²) in [6.45, 7) is 7.03. The molecule has 0 aromatic carbocycles. The third kappa shape index (κ3) is 3.59. The summed E-state index contributed by atoms with van der Waals surface area (Å²) in [7, 11) is 0. The lowest BCUT2D eigenvalue weighted by molar-refractivity contribution is -0.149. The van der Waals surface area contributed by atoms with Gasteiger partial charge in [-0.3, -0.25) is 19.8 Å². The first kappa shape index (κ1) is 17.2. The van der Waals surface area contributed by atoms with E-state index in [-0.39, 0.29) is 43.0 Å². The second kappa shape index (κ2) is 6.37. The summed E-state index contributed by atoms with van der Waals surface area (Å²) in [4.78, 5) is 30.7. The van der Waals surface area contributed by atoms with Gasteiger partial charge in [-0.25, -0.2) is 0 Å². The molecule has 0 radical (unpaired) electrons. The average Bonchev–Trinajstić information content (AvgIpc) is 2.95. The largest absolute Gasteiger partial charge is 0.351 e. The standard InChI is InChI=1S/C18H23N5O2/c1-18(2,3)7-14-17-12(6-13(8-19)21-17)4-5-22(14)11-23-15(24)9-20-10-16(23)25/h4-6,14,20-21H,7,9-11H2,1-3H3. The molecule has 2 N–H and O–H groups in total. The van der Waals surface area contributed by atoms with Gasteiger partial charge in [-0.05, 0) is 24.0 Å². The number of nitriles is 1. The molecule has 2 aliphatic rings. The third-order valence-corrected chi connectivity index (χ3v) is 4.44. The number of hydrogen-bond donors (Lipinski definition) is 2. The number of aromatic nitrogens is 1. The first-order valence-electron chi connectivity index (χ1n) is 8.39. The fraction of sp³-hybridized carbons (Fsp3) is 0.500. The molecule has 0 saturated carbocycles. The summed E-state index contributed by atoms with van der Waals surface area (Å²) >= 11 is 0. The number of piperazine rings is 1. The van der Waals surface area contributed by atoms with Crippen molar-refractivity contribution >= 4 is 17.9 Å². The summed E-state index contributed by atoms with van der Waals surface area (Å²) in [5, 5.41) is 12.0. The van der Waals surface area contributed by atoms with Crippen molar-refractivity contribution in [3.05, 3.63) is 29.2 Å². The molecule has 3 heterocycles. The highest BCUT2D eigenvalue weighted by atomic mass is 16.2. The Hall–Kier alpha value is -2.59. The van der Waals surface area contributed by atoms with Gasteiger partial charge in [0.25, 0.3) is 0 Å². The number of carbonyl (C=O) groups is 2. The molecule has 1 saturated heterocycles. The number of hydrogen-bond acceptors (Lipinski definition) is 5. The number of nitrogens with one attached hydrogen (secondary N) is 2. The number of nitrogens with zero attached hydrogens (tertiary/aromatic N) is 3. The van der Waals surface area contributed by atoms with E-state index >= 15 is 0 Å². The van der Waals surface area contributed by atoms with Crippen molar-refractivity contribution in [3.63, 3.8) is 0 Å². The minimum Gasteiger partial charge on any atom is -0.351 e. The summed E-state index contributed by atoms with van der Waals surface area (Å²) < 4.78 is 0. The fourth-order valence-corrected chi connectivity index (χ4v) is 3.28. The molecule has 1 unspecified atom stereocenters. The van der Waals surface area contributed by atoms with Crippen LogP contribution in [-0.4, -0.2) is 46.4 Å². The average molecular weight is 341 g/mol. The van der Waals surface area contributed by atoms with Gasteiger partial charge in [-0.2, -0.15) is 5.26 Å². The quantitative estimate of drug-likeness (QED) is 0.814. The molecule has 1 atom stereocenters. The van der Waals surface area contributed by atoms with Crippen LogP contribution in [0.5, 0.6) is 0 Å². The number of aromatic amines is 1. The Morgan fingerprint density at radius 3 is 2.56 bits per heavy atom. The molecule has 2 amide bonds. The van der Waals surface area contributed by atoms with Gasteiger partial charge in [0.15, 0.2) is 0 Å². The zero-order chi connectivity index (χ0) is 18.2. The van der Waals surface area contributed by atoms with Gasteiger partial charge in [-0.1, -0.05) is 20.8 Å². The molecule has 0 aliphatic carbocycles. The highest BCUT2D eigenvalue weighted by molar-refractivity contribution is 5.99. The summed E-state index contributed by atoms with van der Waals surface area (Å²) in [5.74, 6) is -0.427. The van der Waals surface area contributed by atoms with Crippen LogP contribution in [0.3, 0.4) is 0 Å². The maximum atomic E-state index is 12.1. The molecule has 1 fully saturated rings. The summed E-state index contributed by atoms with van der Waals surface area (Å²) in [6.07, 6.45) is 4.66. The van der Waals surface area contributed by atoms with Crippen LogP contribution in [0.15, 0.2) is 12.3 Å². The third-order valence-electron chi connectivity index (χ3n) is 4.44. The van der Waals surface area contributed by atoms with Crippen molar-refractivity contribution in [3.8, 4) is 6.07 Å². The van der Waals surface area contributed by atoms with Crippen LogP contribution in [0, 0.1) is 16.7 Å². The van der Waals surface area contributed by atoms with Gasteiger partial charge in [0.05, 0.1) is 19.1 Å². The molecule has 132 valence electrons. The first-order valence-corrected chi connectivity index (χ1v) is 8.39. The Bertz CT molecular complexity index is 749. The number of rotatable bonds is 3. The number of imide groups is 1.